The molecule has 0 spiro atoms. The fraction of sp³-hybridized carbons (Fsp3) is 0.615. The largest absolute Gasteiger partial charge is 0.496 e. The van der Waals surface area contributed by atoms with Crippen molar-refractivity contribution in [2.24, 2.45) is 5.73 Å². The van der Waals surface area contributed by atoms with Gasteiger partial charge in [-0.25, -0.2) is 13.8 Å². The third kappa shape index (κ3) is 2.63. The van der Waals surface area contributed by atoms with E-state index >= 15 is 0 Å². The molecule has 1 heterocycles. The Kier molecular flexibility index (Phi) is 3.62. The zero-order chi connectivity index (χ0) is 14.1. The second kappa shape index (κ2) is 4.92. The Bertz CT molecular complexity index is 434. The predicted octanol–water partition coefficient (Wildman–Crippen LogP) is 2.46. The van der Waals surface area contributed by atoms with Crippen LogP contribution in [-0.4, -0.2) is 25.1 Å². The van der Waals surface area contributed by atoms with E-state index in [1.165, 1.54) is 14.2 Å². The third-order valence-electron chi connectivity index (χ3n) is 3.66. The van der Waals surface area contributed by atoms with Crippen molar-refractivity contribution in [1.82, 2.24) is 4.98 Å². The summed E-state index contributed by atoms with van der Waals surface area (Å²) in [5.41, 5.74) is 6.02. The van der Waals surface area contributed by atoms with E-state index in [0.29, 0.717) is 17.2 Å². The van der Waals surface area contributed by atoms with Crippen molar-refractivity contribution in [2.45, 2.75) is 37.1 Å². The third-order valence-corrected chi connectivity index (χ3v) is 3.66. The maximum Gasteiger partial charge on any atom is 0.248 e. The van der Waals surface area contributed by atoms with Gasteiger partial charge in [-0.1, -0.05) is 0 Å². The van der Waals surface area contributed by atoms with E-state index in [1.54, 1.807) is 12.3 Å². The molecule has 6 heteroatoms. The molecule has 0 aromatic carbocycles. The van der Waals surface area contributed by atoms with Crippen molar-refractivity contribution in [3.63, 3.8) is 0 Å². The summed E-state index contributed by atoms with van der Waals surface area (Å²) < 4.78 is 37.1. The molecule has 0 amide bonds. The molecule has 2 rings (SSSR count). The Morgan fingerprint density at radius 3 is 2.32 bits per heavy atom. The van der Waals surface area contributed by atoms with Crippen molar-refractivity contribution in [2.75, 3.05) is 14.2 Å². The molecule has 1 aromatic heterocycles. The number of ether oxygens (including phenoxy) is 2. The highest BCUT2D eigenvalue weighted by Crippen LogP contribution is 2.47. The number of hydrogen-bond acceptors (Lipinski definition) is 4. The molecule has 0 bridgehead atoms. The van der Waals surface area contributed by atoms with E-state index in [1.807, 2.05) is 0 Å². The van der Waals surface area contributed by atoms with Gasteiger partial charge < -0.3 is 15.2 Å². The fourth-order valence-corrected chi connectivity index (χ4v) is 2.52. The Balaban J connectivity index is 2.40. The molecule has 0 aliphatic heterocycles. The lowest BCUT2D eigenvalue weighted by Crippen LogP contribution is -2.44. The zero-order valence-corrected chi connectivity index (χ0v) is 11.1. The highest BCUT2D eigenvalue weighted by atomic mass is 19.3. The summed E-state index contributed by atoms with van der Waals surface area (Å²) in [7, 11) is 2.99. The van der Waals surface area contributed by atoms with Crippen LogP contribution in [0.15, 0.2) is 12.3 Å². The van der Waals surface area contributed by atoms with Gasteiger partial charge in [0.25, 0.3) is 0 Å². The van der Waals surface area contributed by atoms with Crippen LogP contribution in [0.1, 0.15) is 31.2 Å². The SMILES string of the molecule is COc1ccnc(OC)c1C1(N)CCC(F)(F)CC1. The Morgan fingerprint density at radius 2 is 1.79 bits per heavy atom. The number of halogens is 2. The topological polar surface area (TPSA) is 57.4 Å². The van der Waals surface area contributed by atoms with Crippen molar-refractivity contribution in [1.29, 1.82) is 0 Å². The van der Waals surface area contributed by atoms with Gasteiger partial charge in [0.2, 0.25) is 11.8 Å². The summed E-state index contributed by atoms with van der Waals surface area (Å²) in [6.07, 6.45) is 1.44. The maximum absolute atomic E-state index is 13.3. The van der Waals surface area contributed by atoms with Crippen LogP contribution < -0.4 is 15.2 Å². The minimum atomic E-state index is -2.63. The van der Waals surface area contributed by atoms with Crippen molar-refractivity contribution >= 4 is 0 Å². The van der Waals surface area contributed by atoms with Crippen LogP contribution in [0.3, 0.4) is 0 Å². The van der Waals surface area contributed by atoms with E-state index in [4.69, 9.17) is 15.2 Å². The van der Waals surface area contributed by atoms with Crippen LogP contribution in [-0.2, 0) is 5.54 Å². The van der Waals surface area contributed by atoms with Crippen LogP contribution in [0, 0.1) is 0 Å². The first-order chi connectivity index (χ1) is 8.92. The van der Waals surface area contributed by atoms with Gasteiger partial charge in [-0.15, -0.1) is 0 Å². The van der Waals surface area contributed by atoms with Crippen LogP contribution in [0.2, 0.25) is 0 Å². The smallest absolute Gasteiger partial charge is 0.248 e. The molecule has 2 N–H and O–H groups in total. The molecule has 1 aromatic rings. The standard InChI is InChI=1S/C13H18F2N2O2/c1-18-9-3-8-17-11(19-2)10(9)12(16)4-6-13(14,15)7-5-12/h3,8H,4-7,16H2,1-2H3. The molecular formula is C13H18F2N2O2. The van der Waals surface area contributed by atoms with Crippen LogP contribution in [0.5, 0.6) is 11.6 Å². The summed E-state index contributed by atoms with van der Waals surface area (Å²) in [5, 5.41) is 0. The predicted molar refractivity (Wildman–Crippen MR) is 66.6 cm³/mol. The second-order valence-corrected chi connectivity index (χ2v) is 4.91. The highest BCUT2D eigenvalue weighted by molar-refractivity contribution is 5.45. The average molecular weight is 272 g/mol. The molecule has 0 saturated heterocycles. The Morgan fingerprint density at radius 1 is 1.16 bits per heavy atom. The van der Waals surface area contributed by atoms with Crippen molar-refractivity contribution in [3.05, 3.63) is 17.8 Å². The van der Waals surface area contributed by atoms with Gasteiger partial charge in [-0.05, 0) is 18.9 Å². The normalized spacial score (nSPS) is 20.9. The first-order valence-electron chi connectivity index (χ1n) is 6.16. The van der Waals surface area contributed by atoms with Gasteiger partial charge in [0.15, 0.2) is 0 Å². The summed E-state index contributed by atoms with van der Waals surface area (Å²) in [4.78, 5) is 4.09. The fourth-order valence-electron chi connectivity index (χ4n) is 2.52. The first-order valence-corrected chi connectivity index (χ1v) is 6.16. The van der Waals surface area contributed by atoms with Crippen LogP contribution >= 0.6 is 0 Å². The van der Waals surface area contributed by atoms with Gasteiger partial charge in [-0.3, -0.25) is 0 Å². The number of methoxy groups -OCH3 is 2. The van der Waals surface area contributed by atoms with E-state index in [2.05, 4.69) is 4.98 Å². The minimum absolute atomic E-state index is 0.179. The number of aromatic nitrogens is 1. The zero-order valence-electron chi connectivity index (χ0n) is 11.1. The monoisotopic (exact) mass is 272 g/mol. The van der Waals surface area contributed by atoms with E-state index in [9.17, 15) is 8.78 Å². The van der Waals surface area contributed by atoms with E-state index in [-0.39, 0.29) is 25.7 Å². The summed E-state index contributed by atoms with van der Waals surface area (Å²) in [6, 6.07) is 1.67. The molecule has 1 aliphatic rings. The van der Waals surface area contributed by atoms with Gasteiger partial charge in [-0.2, -0.15) is 0 Å². The van der Waals surface area contributed by atoms with Gasteiger partial charge in [0.05, 0.1) is 25.3 Å². The highest BCUT2D eigenvalue weighted by Gasteiger charge is 2.44. The molecule has 1 aliphatic carbocycles. The lowest BCUT2D eigenvalue weighted by molar-refractivity contribution is -0.0519. The van der Waals surface area contributed by atoms with Gasteiger partial charge in [0, 0.05) is 19.0 Å². The molecule has 1 saturated carbocycles. The Labute approximate surface area is 110 Å². The average Bonchev–Trinajstić information content (AvgIpc) is 2.41. The molecule has 1 fully saturated rings. The van der Waals surface area contributed by atoms with Crippen LogP contribution in [0.25, 0.3) is 0 Å². The number of nitrogens with zero attached hydrogens (tertiary/aromatic N) is 1. The Hall–Kier alpha value is -1.43. The molecule has 0 unspecified atom stereocenters. The molecule has 0 radical (unpaired) electrons. The summed E-state index contributed by atoms with van der Waals surface area (Å²) in [5.74, 6) is -1.77. The van der Waals surface area contributed by atoms with Gasteiger partial charge in [0.1, 0.15) is 5.75 Å². The van der Waals surface area contributed by atoms with Gasteiger partial charge >= 0.3 is 0 Å². The summed E-state index contributed by atoms with van der Waals surface area (Å²) in [6.45, 7) is 0. The molecule has 0 atom stereocenters. The number of nitrogens with two attached hydrogens (primary N) is 1. The molecule has 106 valence electrons. The molecular weight excluding hydrogens is 254 g/mol. The number of rotatable bonds is 3. The maximum atomic E-state index is 13.3. The number of pyridine rings is 1. The summed E-state index contributed by atoms with van der Waals surface area (Å²) >= 11 is 0. The van der Waals surface area contributed by atoms with Crippen molar-refractivity contribution in [3.8, 4) is 11.6 Å². The van der Waals surface area contributed by atoms with Crippen LogP contribution in [0.4, 0.5) is 8.78 Å². The lowest BCUT2D eigenvalue weighted by Gasteiger charge is -2.38. The number of hydrogen-bond donors (Lipinski definition) is 1. The minimum Gasteiger partial charge on any atom is -0.496 e. The quantitative estimate of drug-likeness (QED) is 0.918. The first kappa shape index (κ1) is 14.0. The lowest BCUT2D eigenvalue weighted by atomic mass is 9.76. The molecule has 4 nitrogen and oxygen atoms in total. The van der Waals surface area contributed by atoms with E-state index in [0.717, 1.165) is 0 Å². The second-order valence-electron chi connectivity index (χ2n) is 4.91. The van der Waals surface area contributed by atoms with Crippen molar-refractivity contribution < 1.29 is 18.3 Å². The molecule has 19 heavy (non-hydrogen) atoms. The van der Waals surface area contributed by atoms with E-state index < -0.39 is 11.5 Å². The number of alkyl halides is 2.